The molecule has 1 aromatic carbocycles. The molecule has 2 heteroatoms. The van der Waals surface area contributed by atoms with Gasteiger partial charge in [-0.25, -0.2) is 0 Å². The zero-order chi connectivity index (χ0) is 9.84. The van der Waals surface area contributed by atoms with Gasteiger partial charge in [0.25, 0.3) is 0 Å². The lowest BCUT2D eigenvalue weighted by Gasteiger charge is -2.11. The molecule has 0 aliphatic carbocycles. The van der Waals surface area contributed by atoms with Gasteiger partial charge in [-0.3, -0.25) is 0 Å². The molecule has 1 rings (SSSR count). The summed E-state index contributed by atoms with van der Waals surface area (Å²) >= 11 is 2.29. The van der Waals surface area contributed by atoms with E-state index in [1.54, 1.807) is 0 Å². The molecule has 1 nitrogen and oxygen atoms in total. The molecule has 0 amide bonds. The molecule has 0 saturated heterocycles. The van der Waals surface area contributed by atoms with E-state index in [4.69, 9.17) is 5.73 Å². The minimum atomic E-state index is 0.0900. The molecule has 0 aromatic heterocycles. The van der Waals surface area contributed by atoms with Gasteiger partial charge in [-0.15, -0.1) is 6.58 Å². The summed E-state index contributed by atoms with van der Waals surface area (Å²) in [6.45, 7) is 5.87. The summed E-state index contributed by atoms with van der Waals surface area (Å²) < 4.78 is 1.23. The van der Waals surface area contributed by atoms with E-state index in [1.165, 1.54) is 9.13 Å². The number of halogens is 1. The standard InChI is InChI=1S/C11H14IN/c1-8(2)6-11(13)9-4-3-5-10(12)7-9/h3-5,7,11H,1,6,13H2,2H3. The Bertz CT molecular complexity index is 307. The van der Waals surface area contributed by atoms with Crippen LogP contribution in [-0.4, -0.2) is 0 Å². The maximum Gasteiger partial charge on any atom is 0.0332 e. The molecule has 0 heterocycles. The first-order valence-corrected chi connectivity index (χ1v) is 5.33. The van der Waals surface area contributed by atoms with Crippen molar-refractivity contribution in [1.29, 1.82) is 0 Å². The van der Waals surface area contributed by atoms with Gasteiger partial charge < -0.3 is 5.73 Å². The Morgan fingerprint density at radius 2 is 2.31 bits per heavy atom. The first-order valence-electron chi connectivity index (χ1n) is 4.25. The molecule has 0 radical (unpaired) electrons. The van der Waals surface area contributed by atoms with Gasteiger partial charge in [-0.2, -0.15) is 0 Å². The fourth-order valence-corrected chi connectivity index (χ4v) is 1.80. The highest BCUT2D eigenvalue weighted by molar-refractivity contribution is 14.1. The molecule has 2 N–H and O–H groups in total. The first-order chi connectivity index (χ1) is 6.09. The molecule has 0 aliphatic rings. The van der Waals surface area contributed by atoms with Crippen LogP contribution >= 0.6 is 22.6 Å². The summed E-state index contributed by atoms with van der Waals surface area (Å²) in [5.74, 6) is 0. The molecule has 70 valence electrons. The van der Waals surface area contributed by atoms with Crippen LogP contribution in [0.1, 0.15) is 24.9 Å². The van der Waals surface area contributed by atoms with E-state index in [1.807, 2.05) is 13.0 Å². The largest absolute Gasteiger partial charge is 0.324 e. The Hall–Kier alpha value is -0.350. The molecule has 0 spiro atoms. The lowest BCUT2D eigenvalue weighted by molar-refractivity contribution is 0.716. The highest BCUT2D eigenvalue weighted by atomic mass is 127. The second kappa shape index (κ2) is 4.77. The van der Waals surface area contributed by atoms with Gasteiger partial charge in [0.1, 0.15) is 0 Å². The van der Waals surface area contributed by atoms with Crippen LogP contribution in [0.3, 0.4) is 0 Å². The lowest BCUT2D eigenvalue weighted by Crippen LogP contribution is -2.10. The number of rotatable bonds is 3. The van der Waals surface area contributed by atoms with Gasteiger partial charge in [-0.05, 0) is 53.6 Å². The molecule has 1 unspecified atom stereocenters. The van der Waals surface area contributed by atoms with E-state index in [2.05, 4.69) is 47.4 Å². The summed E-state index contributed by atoms with van der Waals surface area (Å²) in [7, 11) is 0. The van der Waals surface area contributed by atoms with Crippen LogP contribution in [0.15, 0.2) is 36.4 Å². The number of benzene rings is 1. The first kappa shape index (κ1) is 10.7. The van der Waals surface area contributed by atoms with Crippen molar-refractivity contribution in [3.63, 3.8) is 0 Å². The van der Waals surface area contributed by atoms with Crippen LogP contribution in [0.2, 0.25) is 0 Å². The number of hydrogen-bond acceptors (Lipinski definition) is 1. The molecular weight excluding hydrogens is 273 g/mol. The summed E-state index contributed by atoms with van der Waals surface area (Å²) in [5.41, 5.74) is 8.32. The molecule has 0 aliphatic heterocycles. The monoisotopic (exact) mass is 287 g/mol. The summed E-state index contributed by atoms with van der Waals surface area (Å²) in [4.78, 5) is 0. The average molecular weight is 287 g/mol. The van der Waals surface area contributed by atoms with Crippen LogP contribution in [0, 0.1) is 3.57 Å². The molecule has 0 fully saturated rings. The van der Waals surface area contributed by atoms with Crippen molar-refractivity contribution in [3.05, 3.63) is 45.6 Å². The minimum absolute atomic E-state index is 0.0900. The molecule has 13 heavy (non-hydrogen) atoms. The van der Waals surface area contributed by atoms with Crippen LogP contribution in [0.4, 0.5) is 0 Å². The molecule has 1 atom stereocenters. The highest BCUT2D eigenvalue weighted by Gasteiger charge is 2.05. The fourth-order valence-electron chi connectivity index (χ4n) is 1.23. The predicted octanol–water partition coefficient (Wildman–Crippen LogP) is 3.26. The van der Waals surface area contributed by atoms with Crippen LogP contribution in [0.5, 0.6) is 0 Å². The fraction of sp³-hybridized carbons (Fsp3) is 0.273. The molecular formula is C11H14IN. The third kappa shape index (κ3) is 3.48. The normalized spacial score (nSPS) is 12.5. The Kier molecular flexibility index (Phi) is 3.93. The Morgan fingerprint density at radius 1 is 1.62 bits per heavy atom. The van der Waals surface area contributed by atoms with E-state index < -0.39 is 0 Å². The van der Waals surface area contributed by atoms with Crippen molar-refractivity contribution in [1.82, 2.24) is 0 Å². The summed E-state index contributed by atoms with van der Waals surface area (Å²) in [6.07, 6.45) is 0.861. The van der Waals surface area contributed by atoms with Gasteiger partial charge >= 0.3 is 0 Å². The third-order valence-electron chi connectivity index (χ3n) is 1.85. The van der Waals surface area contributed by atoms with Crippen LogP contribution in [0.25, 0.3) is 0 Å². The highest BCUT2D eigenvalue weighted by Crippen LogP contribution is 2.19. The quantitative estimate of drug-likeness (QED) is 0.670. The van der Waals surface area contributed by atoms with Crippen molar-refractivity contribution >= 4 is 22.6 Å². The zero-order valence-corrected chi connectivity index (χ0v) is 9.91. The predicted molar refractivity (Wildman–Crippen MR) is 65.5 cm³/mol. The van der Waals surface area contributed by atoms with Crippen molar-refractivity contribution in [2.24, 2.45) is 5.73 Å². The number of nitrogens with two attached hydrogens (primary N) is 1. The maximum absolute atomic E-state index is 6.00. The maximum atomic E-state index is 6.00. The van der Waals surface area contributed by atoms with Crippen LogP contribution < -0.4 is 5.73 Å². The average Bonchev–Trinajstić information content (AvgIpc) is 2.03. The molecule has 1 aromatic rings. The van der Waals surface area contributed by atoms with Gasteiger partial charge in [-0.1, -0.05) is 17.7 Å². The van der Waals surface area contributed by atoms with Gasteiger partial charge in [0.15, 0.2) is 0 Å². The second-order valence-corrected chi connectivity index (χ2v) is 4.57. The van der Waals surface area contributed by atoms with E-state index in [0.29, 0.717) is 0 Å². The lowest BCUT2D eigenvalue weighted by atomic mass is 10.0. The van der Waals surface area contributed by atoms with Gasteiger partial charge in [0, 0.05) is 9.61 Å². The zero-order valence-electron chi connectivity index (χ0n) is 7.76. The second-order valence-electron chi connectivity index (χ2n) is 3.32. The van der Waals surface area contributed by atoms with E-state index in [0.717, 1.165) is 12.0 Å². The smallest absolute Gasteiger partial charge is 0.0332 e. The number of hydrogen-bond donors (Lipinski definition) is 1. The van der Waals surface area contributed by atoms with Crippen molar-refractivity contribution in [2.75, 3.05) is 0 Å². The Balaban J connectivity index is 2.76. The topological polar surface area (TPSA) is 26.0 Å². The SMILES string of the molecule is C=C(C)CC(N)c1cccc(I)c1. The van der Waals surface area contributed by atoms with Crippen molar-refractivity contribution < 1.29 is 0 Å². The van der Waals surface area contributed by atoms with Crippen molar-refractivity contribution in [3.8, 4) is 0 Å². The van der Waals surface area contributed by atoms with Gasteiger partial charge in [0.2, 0.25) is 0 Å². The summed E-state index contributed by atoms with van der Waals surface area (Å²) in [5, 5.41) is 0. The third-order valence-corrected chi connectivity index (χ3v) is 2.52. The molecule has 0 saturated carbocycles. The minimum Gasteiger partial charge on any atom is -0.324 e. The van der Waals surface area contributed by atoms with E-state index in [-0.39, 0.29) is 6.04 Å². The molecule has 0 bridgehead atoms. The van der Waals surface area contributed by atoms with Crippen molar-refractivity contribution in [2.45, 2.75) is 19.4 Å². The van der Waals surface area contributed by atoms with Gasteiger partial charge in [0.05, 0.1) is 0 Å². The van der Waals surface area contributed by atoms with E-state index in [9.17, 15) is 0 Å². The van der Waals surface area contributed by atoms with E-state index >= 15 is 0 Å². The summed E-state index contributed by atoms with van der Waals surface area (Å²) in [6, 6.07) is 8.38. The Labute approximate surface area is 93.2 Å². The van der Waals surface area contributed by atoms with Crippen LogP contribution in [-0.2, 0) is 0 Å². The Morgan fingerprint density at radius 3 is 2.85 bits per heavy atom.